The standard InChI is InChI=1S/C22H23N3O2/c26-21-19-14-16-10-4-5-12-18(16)24(19)22(27)25(21)20(15-8-2-1-3-9-15)17-11-6-7-13-23-17/h1-3,6-9,11,13,16,18-20H,4-5,10,12,14H2/t16-,18-,19-,20+/m0/s1. The van der Waals surface area contributed by atoms with Gasteiger partial charge in [0.1, 0.15) is 12.1 Å². The highest BCUT2D eigenvalue weighted by Gasteiger charge is 2.57. The van der Waals surface area contributed by atoms with E-state index in [0.717, 1.165) is 36.9 Å². The fourth-order valence-corrected chi connectivity index (χ4v) is 5.20. The number of nitrogens with zero attached hydrogens (tertiary/aromatic N) is 3. The Bertz CT molecular complexity index is 815. The van der Waals surface area contributed by atoms with E-state index in [2.05, 4.69) is 4.98 Å². The van der Waals surface area contributed by atoms with Crippen LogP contribution in [-0.2, 0) is 4.79 Å². The summed E-state index contributed by atoms with van der Waals surface area (Å²) < 4.78 is 0. The Morgan fingerprint density at radius 2 is 1.74 bits per heavy atom. The molecule has 1 aromatic carbocycles. The molecule has 1 aromatic heterocycles. The molecule has 5 rings (SSSR count). The van der Waals surface area contributed by atoms with E-state index < -0.39 is 6.04 Å². The van der Waals surface area contributed by atoms with Crippen molar-refractivity contribution in [2.24, 2.45) is 5.92 Å². The minimum Gasteiger partial charge on any atom is -0.309 e. The maximum absolute atomic E-state index is 13.4. The Balaban J connectivity index is 1.55. The van der Waals surface area contributed by atoms with Crippen molar-refractivity contribution in [1.29, 1.82) is 0 Å². The molecule has 5 nitrogen and oxygen atoms in total. The van der Waals surface area contributed by atoms with Crippen molar-refractivity contribution in [3.63, 3.8) is 0 Å². The first-order valence-corrected chi connectivity index (χ1v) is 9.87. The van der Waals surface area contributed by atoms with Crippen LogP contribution in [0, 0.1) is 5.92 Å². The van der Waals surface area contributed by atoms with Gasteiger partial charge in [0.15, 0.2) is 0 Å². The zero-order valence-electron chi connectivity index (χ0n) is 15.2. The summed E-state index contributed by atoms with van der Waals surface area (Å²) in [6, 6.07) is 14.7. The molecule has 0 bridgehead atoms. The molecule has 0 spiro atoms. The van der Waals surface area contributed by atoms with Crippen LogP contribution >= 0.6 is 0 Å². The largest absolute Gasteiger partial charge is 0.328 e. The molecule has 2 saturated heterocycles. The molecule has 3 fully saturated rings. The van der Waals surface area contributed by atoms with Crippen LogP contribution in [0.2, 0.25) is 0 Å². The zero-order valence-corrected chi connectivity index (χ0v) is 15.2. The molecular formula is C22H23N3O2. The maximum Gasteiger partial charge on any atom is 0.328 e. The van der Waals surface area contributed by atoms with E-state index >= 15 is 0 Å². The summed E-state index contributed by atoms with van der Waals surface area (Å²) in [5, 5.41) is 0. The first-order valence-electron chi connectivity index (χ1n) is 9.87. The van der Waals surface area contributed by atoms with E-state index in [1.807, 2.05) is 53.4 Å². The Kier molecular flexibility index (Phi) is 3.96. The average molecular weight is 361 g/mol. The zero-order chi connectivity index (χ0) is 18.4. The number of urea groups is 1. The van der Waals surface area contributed by atoms with Crippen molar-refractivity contribution in [2.75, 3.05) is 0 Å². The molecule has 138 valence electrons. The van der Waals surface area contributed by atoms with Gasteiger partial charge in [0.2, 0.25) is 0 Å². The number of imide groups is 1. The monoisotopic (exact) mass is 361 g/mol. The summed E-state index contributed by atoms with van der Waals surface area (Å²) in [7, 11) is 0. The lowest BCUT2D eigenvalue weighted by Crippen LogP contribution is -2.42. The summed E-state index contributed by atoms with van der Waals surface area (Å²) in [5.74, 6) is 0.428. The van der Waals surface area contributed by atoms with E-state index in [0.29, 0.717) is 5.92 Å². The lowest BCUT2D eigenvalue weighted by molar-refractivity contribution is -0.129. The summed E-state index contributed by atoms with van der Waals surface area (Å²) >= 11 is 0. The molecular weight excluding hydrogens is 338 g/mol. The number of carbonyl (C=O) groups excluding carboxylic acids is 2. The first-order chi connectivity index (χ1) is 13.3. The molecule has 0 N–H and O–H groups in total. The van der Waals surface area contributed by atoms with Crippen molar-refractivity contribution in [2.45, 2.75) is 50.2 Å². The number of rotatable bonds is 3. The van der Waals surface area contributed by atoms with Gasteiger partial charge >= 0.3 is 6.03 Å². The summed E-state index contributed by atoms with van der Waals surface area (Å²) in [4.78, 5) is 34.6. The van der Waals surface area contributed by atoms with Crippen molar-refractivity contribution >= 4 is 11.9 Å². The Hall–Kier alpha value is -2.69. The fourth-order valence-electron chi connectivity index (χ4n) is 5.20. The second-order valence-electron chi connectivity index (χ2n) is 7.83. The van der Waals surface area contributed by atoms with Crippen LogP contribution in [0.1, 0.15) is 49.4 Å². The molecule has 0 radical (unpaired) electrons. The van der Waals surface area contributed by atoms with Crippen molar-refractivity contribution in [1.82, 2.24) is 14.8 Å². The summed E-state index contributed by atoms with van der Waals surface area (Å²) in [6.07, 6.45) is 7.06. The third-order valence-corrected chi connectivity index (χ3v) is 6.38. The van der Waals surface area contributed by atoms with Gasteiger partial charge < -0.3 is 4.90 Å². The molecule has 1 aliphatic carbocycles. The van der Waals surface area contributed by atoms with Gasteiger partial charge in [0.25, 0.3) is 5.91 Å². The summed E-state index contributed by atoms with van der Waals surface area (Å²) in [6.45, 7) is 0. The van der Waals surface area contributed by atoms with Crippen LogP contribution in [0.5, 0.6) is 0 Å². The maximum atomic E-state index is 13.4. The van der Waals surface area contributed by atoms with E-state index in [1.165, 1.54) is 11.3 Å². The molecule has 2 aliphatic heterocycles. The molecule has 4 atom stereocenters. The quantitative estimate of drug-likeness (QED) is 0.782. The molecule has 3 heterocycles. The lowest BCUT2D eigenvalue weighted by atomic mass is 9.84. The van der Waals surface area contributed by atoms with Gasteiger partial charge in [-0.25, -0.2) is 9.69 Å². The van der Waals surface area contributed by atoms with Crippen LogP contribution in [0.3, 0.4) is 0 Å². The highest BCUT2D eigenvalue weighted by atomic mass is 16.2. The predicted molar refractivity (Wildman–Crippen MR) is 101 cm³/mol. The number of hydrogen-bond donors (Lipinski definition) is 0. The third-order valence-electron chi connectivity index (χ3n) is 6.38. The second-order valence-corrected chi connectivity index (χ2v) is 7.83. The number of fused-ring (bicyclic) bond motifs is 3. The van der Waals surface area contributed by atoms with Crippen LogP contribution in [0.25, 0.3) is 0 Å². The number of benzene rings is 1. The number of aromatic nitrogens is 1. The number of carbonyl (C=O) groups is 2. The molecule has 2 aromatic rings. The first kappa shape index (κ1) is 16.5. The van der Waals surface area contributed by atoms with Crippen molar-refractivity contribution in [3.8, 4) is 0 Å². The fraction of sp³-hybridized carbons (Fsp3) is 0.409. The summed E-state index contributed by atoms with van der Waals surface area (Å²) in [5.41, 5.74) is 1.64. The Labute approximate surface area is 159 Å². The highest BCUT2D eigenvalue weighted by molar-refractivity contribution is 6.05. The van der Waals surface area contributed by atoms with Gasteiger partial charge in [0.05, 0.1) is 5.69 Å². The van der Waals surface area contributed by atoms with E-state index in [9.17, 15) is 9.59 Å². The van der Waals surface area contributed by atoms with E-state index in [-0.39, 0.29) is 24.0 Å². The molecule has 5 heteroatoms. The van der Waals surface area contributed by atoms with Crippen LogP contribution in [-0.4, -0.2) is 38.8 Å². The van der Waals surface area contributed by atoms with Crippen molar-refractivity contribution in [3.05, 3.63) is 66.0 Å². The number of amides is 3. The lowest BCUT2D eigenvalue weighted by Gasteiger charge is -2.32. The second kappa shape index (κ2) is 6.48. The Morgan fingerprint density at radius 3 is 2.52 bits per heavy atom. The third kappa shape index (κ3) is 2.56. The smallest absolute Gasteiger partial charge is 0.309 e. The number of hydrogen-bond acceptors (Lipinski definition) is 3. The SMILES string of the molecule is O=C1[C@@H]2C[C@@H]3CCCC[C@@H]3N2C(=O)N1[C@H](c1ccccc1)c1ccccn1. The molecule has 27 heavy (non-hydrogen) atoms. The van der Waals surface area contributed by atoms with Crippen LogP contribution in [0.4, 0.5) is 4.79 Å². The topological polar surface area (TPSA) is 53.5 Å². The average Bonchev–Trinajstić information content (AvgIpc) is 3.21. The Morgan fingerprint density at radius 1 is 0.963 bits per heavy atom. The van der Waals surface area contributed by atoms with Gasteiger partial charge in [-0.3, -0.25) is 9.78 Å². The number of pyridine rings is 1. The van der Waals surface area contributed by atoms with E-state index in [4.69, 9.17) is 0 Å². The molecule has 0 unspecified atom stereocenters. The van der Waals surface area contributed by atoms with Crippen LogP contribution < -0.4 is 0 Å². The van der Waals surface area contributed by atoms with Gasteiger partial charge in [0, 0.05) is 12.2 Å². The van der Waals surface area contributed by atoms with E-state index in [1.54, 1.807) is 6.20 Å². The minimum absolute atomic E-state index is 0.0612. The van der Waals surface area contributed by atoms with Gasteiger partial charge in [-0.05, 0) is 42.9 Å². The molecule has 1 saturated carbocycles. The van der Waals surface area contributed by atoms with Gasteiger partial charge in [-0.15, -0.1) is 0 Å². The van der Waals surface area contributed by atoms with Gasteiger partial charge in [-0.1, -0.05) is 49.2 Å². The normalized spacial score (nSPS) is 28.2. The minimum atomic E-state index is -0.472. The predicted octanol–water partition coefficient (Wildman–Crippen LogP) is 3.77. The molecule has 3 amide bonds. The highest BCUT2D eigenvalue weighted by Crippen LogP contribution is 2.45. The van der Waals surface area contributed by atoms with Crippen molar-refractivity contribution < 1.29 is 9.59 Å². The van der Waals surface area contributed by atoms with Gasteiger partial charge in [-0.2, -0.15) is 0 Å². The van der Waals surface area contributed by atoms with Crippen LogP contribution in [0.15, 0.2) is 54.7 Å². The molecule has 3 aliphatic rings.